The average Bonchev–Trinajstić information content (AvgIpc) is 3.46. The predicted octanol–water partition coefficient (Wildman–Crippen LogP) is 4.89. The summed E-state index contributed by atoms with van der Waals surface area (Å²) >= 11 is 0. The lowest BCUT2D eigenvalue weighted by atomic mass is 10.1. The van der Waals surface area contributed by atoms with Crippen LogP contribution in [0.25, 0.3) is 11.0 Å². The van der Waals surface area contributed by atoms with Crippen LogP contribution in [0.5, 0.6) is 5.75 Å². The fourth-order valence-corrected chi connectivity index (χ4v) is 4.38. The fraction of sp³-hybridized carbons (Fsp3) is 0.385. The normalized spacial score (nSPS) is 14.3. The van der Waals surface area contributed by atoms with Gasteiger partial charge in [0, 0.05) is 29.9 Å². The quantitative estimate of drug-likeness (QED) is 0.512. The third kappa shape index (κ3) is 4.97. The van der Waals surface area contributed by atoms with E-state index in [1.807, 2.05) is 25.1 Å². The third-order valence-electron chi connectivity index (χ3n) is 6.08. The lowest BCUT2D eigenvalue weighted by Gasteiger charge is -2.20. The number of ether oxygens (including phenoxy) is 1. The summed E-state index contributed by atoms with van der Waals surface area (Å²) in [5.41, 5.74) is 2.87. The minimum atomic E-state index is -0.659. The SMILES string of the molecule is CCCC(NC(=O)c1c(C)oc2ccc(OC)cc12)C(=O)Nc1cccc(N2CCCC2)c1. The number of amides is 2. The summed E-state index contributed by atoms with van der Waals surface area (Å²) in [4.78, 5) is 28.6. The van der Waals surface area contributed by atoms with E-state index in [2.05, 4.69) is 21.6 Å². The van der Waals surface area contributed by atoms with Crippen molar-refractivity contribution in [1.82, 2.24) is 5.32 Å². The molecule has 1 saturated heterocycles. The first-order valence-electron chi connectivity index (χ1n) is 11.5. The zero-order chi connectivity index (χ0) is 23.4. The Bertz CT molecular complexity index is 1150. The van der Waals surface area contributed by atoms with Crippen LogP contribution in [0.3, 0.4) is 0 Å². The van der Waals surface area contributed by atoms with Gasteiger partial charge in [0.2, 0.25) is 5.91 Å². The van der Waals surface area contributed by atoms with Gasteiger partial charge in [-0.3, -0.25) is 9.59 Å². The minimum absolute atomic E-state index is 0.230. The Morgan fingerprint density at radius 3 is 2.67 bits per heavy atom. The molecule has 0 spiro atoms. The zero-order valence-corrected chi connectivity index (χ0v) is 19.4. The molecule has 1 fully saturated rings. The van der Waals surface area contributed by atoms with Gasteiger partial charge in [0.15, 0.2) is 0 Å². The summed E-state index contributed by atoms with van der Waals surface area (Å²) in [5, 5.41) is 6.57. The highest BCUT2D eigenvalue weighted by atomic mass is 16.5. The Hall–Kier alpha value is -3.48. The summed E-state index contributed by atoms with van der Waals surface area (Å²) in [6.45, 7) is 5.81. The Morgan fingerprint density at radius 2 is 1.94 bits per heavy atom. The van der Waals surface area contributed by atoms with Crippen molar-refractivity contribution in [2.24, 2.45) is 0 Å². The number of fused-ring (bicyclic) bond motifs is 1. The van der Waals surface area contributed by atoms with E-state index in [0.717, 1.165) is 30.9 Å². The number of nitrogens with one attached hydrogen (secondary N) is 2. The predicted molar refractivity (Wildman–Crippen MR) is 130 cm³/mol. The Balaban J connectivity index is 1.51. The molecule has 33 heavy (non-hydrogen) atoms. The second-order valence-electron chi connectivity index (χ2n) is 8.44. The maximum Gasteiger partial charge on any atom is 0.256 e. The van der Waals surface area contributed by atoms with Crippen molar-refractivity contribution >= 4 is 34.2 Å². The molecule has 2 N–H and O–H groups in total. The van der Waals surface area contributed by atoms with E-state index in [-0.39, 0.29) is 11.8 Å². The lowest BCUT2D eigenvalue weighted by Crippen LogP contribution is -2.43. The summed E-state index contributed by atoms with van der Waals surface area (Å²) in [7, 11) is 1.58. The first kappa shape index (κ1) is 22.7. The van der Waals surface area contributed by atoms with Gasteiger partial charge >= 0.3 is 0 Å². The molecule has 1 aromatic heterocycles. The van der Waals surface area contributed by atoms with E-state index < -0.39 is 6.04 Å². The Morgan fingerprint density at radius 1 is 1.15 bits per heavy atom. The number of benzene rings is 2. The molecule has 7 nitrogen and oxygen atoms in total. The third-order valence-corrected chi connectivity index (χ3v) is 6.08. The molecule has 1 aliphatic rings. The van der Waals surface area contributed by atoms with Crippen molar-refractivity contribution < 1.29 is 18.7 Å². The van der Waals surface area contributed by atoms with Crippen molar-refractivity contribution in [3.8, 4) is 5.75 Å². The summed E-state index contributed by atoms with van der Waals surface area (Å²) in [5.74, 6) is 0.577. The number of anilines is 2. The topological polar surface area (TPSA) is 83.8 Å². The summed E-state index contributed by atoms with van der Waals surface area (Å²) in [6.07, 6.45) is 3.66. The molecule has 2 aromatic carbocycles. The van der Waals surface area contributed by atoms with Crippen molar-refractivity contribution in [2.45, 2.75) is 45.6 Å². The second kappa shape index (κ2) is 9.98. The number of rotatable bonds is 8. The van der Waals surface area contributed by atoms with Crippen LogP contribution in [0.15, 0.2) is 46.9 Å². The van der Waals surface area contributed by atoms with Gasteiger partial charge in [0.1, 0.15) is 23.1 Å². The van der Waals surface area contributed by atoms with Gasteiger partial charge in [-0.2, -0.15) is 0 Å². The van der Waals surface area contributed by atoms with Crippen molar-refractivity contribution in [2.75, 3.05) is 30.4 Å². The van der Waals surface area contributed by atoms with E-state index in [1.165, 1.54) is 12.8 Å². The zero-order valence-electron chi connectivity index (χ0n) is 19.4. The molecule has 0 aliphatic carbocycles. The molecule has 0 bridgehead atoms. The molecule has 3 aromatic rings. The molecule has 2 heterocycles. The molecule has 1 aliphatic heterocycles. The Kier molecular flexibility index (Phi) is 6.87. The van der Waals surface area contributed by atoms with Crippen molar-refractivity contribution in [3.63, 3.8) is 0 Å². The summed E-state index contributed by atoms with van der Waals surface area (Å²) in [6, 6.07) is 12.6. The van der Waals surface area contributed by atoms with Gasteiger partial charge in [-0.1, -0.05) is 19.4 Å². The summed E-state index contributed by atoms with van der Waals surface area (Å²) < 4.78 is 11.1. The number of hydrogen-bond acceptors (Lipinski definition) is 5. The number of hydrogen-bond donors (Lipinski definition) is 2. The molecule has 1 atom stereocenters. The molecule has 2 amide bonds. The average molecular weight is 450 g/mol. The maximum atomic E-state index is 13.2. The highest BCUT2D eigenvalue weighted by Crippen LogP contribution is 2.29. The van der Waals surface area contributed by atoms with Crippen LogP contribution >= 0.6 is 0 Å². The number of furan rings is 1. The monoisotopic (exact) mass is 449 g/mol. The van der Waals surface area contributed by atoms with Gasteiger partial charge in [0.25, 0.3) is 5.91 Å². The van der Waals surface area contributed by atoms with E-state index in [1.54, 1.807) is 32.2 Å². The Labute approximate surface area is 194 Å². The van der Waals surface area contributed by atoms with Crippen LogP contribution in [-0.4, -0.2) is 38.1 Å². The molecular weight excluding hydrogens is 418 g/mol. The fourth-order valence-electron chi connectivity index (χ4n) is 4.38. The largest absolute Gasteiger partial charge is 0.497 e. The number of nitrogens with zero attached hydrogens (tertiary/aromatic N) is 1. The highest BCUT2D eigenvalue weighted by molar-refractivity contribution is 6.09. The van der Waals surface area contributed by atoms with Crippen molar-refractivity contribution in [3.05, 3.63) is 53.8 Å². The second-order valence-corrected chi connectivity index (χ2v) is 8.44. The highest BCUT2D eigenvalue weighted by Gasteiger charge is 2.25. The van der Waals surface area contributed by atoms with Gasteiger partial charge in [0.05, 0.1) is 12.7 Å². The number of aryl methyl sites for hydroxylation is 1. The minimum Gasteiger partial charge on any atom is -0.497 e. The van der Waals surface area contributed by atoms with E-state index in [4.69, 9.17) is 9.15 Å². The van der Waals surface area contributed by atoms with Crippen LogP contribution < -0.4 is 20.3 Å². The first-order valence-corrected chi connectivity index (χ1v) is 11.5. The van der Waals surface area contributed by atoms with Gasteiger partial charge < -0.3 is 24.7 Å². The first-order chi connectivity index (χ1) is 16.0. The molecule has 0 radical (unpaired) electrons. The molecular formula is C26H31N3O4. The standard InChI is InChI=1S/C26H31N3O4/c1-4-8-22(25(30)27-18-9-7-10-19(15-18)29-13-5-6-14-29)28-26(31)24-17(2)33-23-12-11-20(32-3)16-21(23)24/h7,9-12,15-16,22H,4-6,8,13-14H2,1-3H3,(H,27,30)(H,28,31). The number of carbonyl (C=O) groups is 2. The molecule has 7 heteroatoms. The van der Waals surface area contributed by atoms with Gasteiger partial charge in [-0.25, -0.2) is 0 Å². The van der Waals surface area contributed by atoms with Crippen molar-refractivity contribution in [1.29, 1.82) is 0 Å². The number of carbonyl (C=O) groups excluding carboxylic acids is 2. The maximum absolute atomic E-state index is 13.2. The van der Waals surface area contributed by atoms with E-state index >= 15 is 0 Å². The molecule has 174 valence electrons. The van der Waals surface area contributed by atoms with Crippen LogP contribution in [0, 0.1) is 6.92 Å². The van der Waals surface area contributed by atoms with Crippen LogP contribution in [0.1, 0.15) is 48.7 Å². The number of methoxy groups -OCH3 is 1. The van der Waals surface area contributed by atoms with Gasteiger partial charge in [-0.15, -0.1) is 0 Å². The molecule has 1 unspecified atom stereocenters. The smallest absolute Gasteiger partial charge is 0.256 e. The van der Waals surface area contributed by atoms with E-state index in [9.17, 15) is 9.59 Å². The van der Waals surface area contributed by atoms with E-state index in [0.29, 0.717) is 34.5 Å². The van der Waals surface area contributed by atoms with Crippen LogP contribution in [0.2, 0.25) is 0 Å². The molecule has 4 rings (SSSR count). The van der Waals surface area contributed by atoms with Crippen LogP contribution in [0.4, 0.5) is 11.4 Å². The lowest BCUT2D eigenvalue weighted by molar-refractivity contribution is -0.118. The van der Waals surface area contributed by atoms with Crippen LogP contribution in [-0.2, 0) is 4.79 Å². The molecule has 0 saturated carbocycles. The van der Waals surface area contributed by atoms with Gasteiger partial charge in [-0.05, 0) is 62.6 Å².